The van der Waals surface area contributed by atoms with Gasteiger partial charge >= 0.3 is 12.0 Å². The Bertz CT molecular complexity index is 1280. The van der Waals surface area contributed by atoms with E-state index in [1.807, 2.05) is 44.2 Å². The molecule has 12 heteroatoms. The number of hydrogen-bond acceptors (Lipinski definition) is 7. The van der Waals surface area contributed by atoms with Crippen LogP contribution in [0.5, 0.6) is 5.75 Å². The van der Waals surface area contributed by atoms with Crippen molar-refractivity contribution in [1.29, 1.82) is 0 Å². The van der Waals surface area contributed by atoms with Gasteiger partial charge in [-0.3, -0.25) is 9.36 Å². The molecule has 3 aromatic rings. The van der Waals surface area contributed by atoms with Crippen LogP contribution in [0.1, 0.15) is 45.1 Å². The average molecular weight is 667 g/mol. The quantitative estimate of drug-likeness (QED) is 0.219. The minimum Gasteiger partial charge on any atom is -0.489 e. The van der Waals surface area contributed by atoms with E-state index in [1.165, 1.54) is 10.9 Å². The molecule has 1 aliphatic rings. The molecular formula is C32H42Cl3N5O4. The predicted molar refractivity (Wildman–Crippen MR) is 176 cm³/mol. The van der Waals surface area contributed by atoms with Crippen molar-refractivity contribution < 1.29 is 19.1 Å². The van der Waals surface area contributed by atoms with Crippen molar-refractivity contribution in [2.75, 3.05) is 52.5 Å². The molecule has 240 valence electrons. The number of amides is 1. The van der Waals surface area contributed by atoms with E-state index in [0.29, 0.717) is 40.5 Å². The number of ether oxygens (including phenoxy) is 2. The lowest BCUT2D eigenvalue weighted by molar-refractivity contribution is -0.152. The Morgan fingerprint density at radius 1 is 1.05 bits per heavy atom. The van der Waals surface area contributed by atoms with Crippen molar-refractivity contribution in [3.63, 3.8) is 0 Å². The molecule has 1 fully saturated rings. The van der Waals surface area contributed by atoms with Crippen LogP contribution in [0.2, 0.25) is 15.1 Å². The number of benzene rings is 2. The van der Waals surface area contributed by atoms with Gasteiger partial charge in [-0.25, -0.2) is 9.78 Å². The van der Waals surface area contributed by atoms with Crippen molar-refractivity contribution in [3.8, 4) is 5.75 Å². The second-order valence-corrected chi connectivity index (χ2v) is 11.7. The van der Waals surface area contributed by atoms with Crippen LogP contribution in [0.3, 0.4) is 0 Å². The molecule has 1 aliphatic heterocycles. The summed E-state index contributed by atoms with van der Waals surface area (Å²) in [5.74, 6) is 0.291. The lowest BCUT2D eigenvalue weighted by Gasteiger charge is -2.40. The Labute approximate surface area is 275 Å². The van der Waals surface area contributed by atoms with Gasteiger partial charge in [0.25, 0.3) is 0 Å². The third-order valence-electron chi connectivity index (χ3n) is 7.44. The van der Waals surface area contributed by atoms with Gasteiger partial charge in [0.2, 0.25) is 0 Å². The fraction of sp³-hybridized carbons (Fsp3) is 0.469. The van der Waals surface area contributed by atoms with Crippen LogP contribution in [-0.4, -0.2) is 83.8 Å². The predicted octanol–water partition coefficient (Wildman–Crippen LogP) is 6.53. The molecule has 0 atom stereocenters. The lowest BCUT2D eigenvalue weighted by Crippen LogP contribution is -2.48. The molecule has 1 aromatic heterocycles. The van der Waals surface area contributed by atoms with Crippen LogP contribution >= 0.6 is 34.8 Å². The second kappa shape index (κ2) is 18.2. The first kappa shape index (κ1) is 35.7. The van der Waals surface area contributed by atoms with Gasteiger partial charge in [-0.05, 0) is 76.5 Å². The summed E-state index contributed by atoms with van der Waals surface area (Å²) in [4.78, 5) is 32.9. The maximum atomic E-state index is 12.6. The van der Waals surface area contributed by atoms with Gasteiger partial charge in [0.15, 0.2) is 5.75 Å². The number of rotatable bonds is 12. The summed E-state index contributed by atoms with van der Waals surface area (Å²) >= 11 is 18.0. The molecule has 0 radical (unpaired) electrons. The standard InChI is InChI=1S/C17H26N2O2.C15H16Cl3N3O2/c1-2-21-16(20)17(15-7-4-3-5-8-15)9-13-19(14-10-17)12-6-11-18;1-2-4-20(15(22)21-5-3-19-10-21)6-7-23-14-12(17)8-11(16)9-13(14)18/h3-5,7-8H,2,6,9-14,18H2,1H3;3,5,8-10H,2,4,6-7H2,1H3. The zero-order chi connectivity index (χ0) is 32.0. The Hall–Kier alpha value is -2.82. The maximum Gasteiger partial charge on any atom is 0.329 e. The molecule has 2 heterocycles. The van der Waals surface area contributed by atoms with Crippen LogP contribution in [0.4, 0.5) is 4.79 Å². The molecule has 9 nitrogen and oxygen atoms in total. The van der Waals surface area contributed by atoms with E-state index >= 15 is 0 Å². The number of carbonyl (C=O) groups excluding carboxylic acids is 2. The first-order chi connectivity index (χ1) is 21.2. The monoisotopic (exact) mass is 665 g/mol. The summed E-state index contributed by atoms with van der Waals surface area (Å²) in [6, 6.07) is 13.0. The smallest absolute Gasteiger partial charge is 0.329 e. The van der Waals surface area contributed by atoms with E-state index in [2.05, 4.69) is 9.88 Å². The fourth-order valence-corrected chi connectivity index (χ4v) is 6.07. The highest BCUT2D eigenvalue weighted by atomic mass is 35.5. The minimum atomic E-state index is -0.476. The van der Waals surface area contributed by atoms with E-state index in [0.717, 1.165) is 57.4 Å². The lowest BCUT2D eigenvalue weighted by atomic mass is 9.72. The summed E-state index contributed by atoms with van der Waals surface area (Å²) < 4.78 is 12.4. The molecule has 1 saturated heterocycles. The molecule has 1 amide bonds. The van der Waals surface area contributed by atoms with E-state index in [-0.39, 0.29) is 18.6 Å². The average Bonchev–Trinajstić information content (AvgIpc) is 3.57. The number of nitrogens with two attached hydrogens (primary N) is 1. The zero-order valence-corrected chi connectivity index (χ0v) is 27.7. The Balaban J connectivity index is 0.000000241. The third kappa shape index (κ3) is 9.84. The van der Waals surface area contributed by atoms with Crippen LogP contribution in [-0.2, 0) is 14.9 Å². The van der Waals surface area contributed by atoms with E-state index < -0.39 is 5.41 Å². The summed E-state index contributed by atoms with van der Waals surface area (Å²) in [7, 11) is 0. The summed E-state index contributed by atoms with van der Waals surface area (Å²) in [5.41, 5.74) is 6.19. The van der Waals surface area contributed by atoms with Crippen LogP contribution in [0.15, 0.2) is 61.2 Å². The van der Waals surface area contributed by atoms with Crippen LogP contribution < -0.4 is 10.5 Å². The van der Waals surface area contributed by atoms with Gasteiger partial charge in [0, 0.05) is 24.0 Å². The highest BCUT2D eigenvalue weighted by Gasteiger charge is 2.44. The summed E-state index contributed by atoms with van der Waals surface area (Å²) in [6.45, 7) is 9.17. The number of imidazole rings is 1. The number of piperidine rings is 1. The number of carbonyl (C=O) groups is 2. The van der Waals surface area contributed by atoms with Crippen LogP contribution in [0, 0.1) is 0 Å². The van der Waals surface area contributed by atoms with Crippen molar-refractivity contribution in [1.82, 2.24) is 19.4 Å². The topological polar surface area (TPSA) is 103 Å². The van der Waals surface area contributed by atoms with Gasteiger partial charge in [0.05, 0.1) is 28.6 Å². The second-order valence-electron chi connectivity index (χ2n) is 10.4. The molecule has 2 aromatic carbocycles. The molecule has 0 unspecified atom stereocenters. The number of halogens is 3. The normalized spacial score (nSPS) is 14.3. The van der Waals surface area contributed by atoms with Crippen molar-refractivity contribution in [2.45, 2.75) is 44.9 Å². The molecule has 0 aliphatic carbocycles. The highest BCUT2D eigenvalue weighted by molar-refractivity contribution is 6.40. The van der Waals surface area contributed by atoms with Gasteiger partial charge in [-0.2, -0.15) is 0 Å². The first-order valence-corrected chi connectivity index (χ1v) is 16.1. The SMILES string of the molecule is CCCN(CCOc1c(Cl)cc(Cl)cc1Cl)C(=O)n1ccnc1.CCOC(=O)C1(c2ccccc2)CCN(CCCN)CC1. The number of aromatic nitrogens is 2. The number of esters is 1. The van der Waals surface area contributed by atoms with Gasteiger partial charge in [-0.1, -0.05) is 72.1 Å². The molecular weight excluding hydrogens is 625 g/mol. The van der Waals surface area contributed by atoms with Gasteiger partial charge in [-0.15, -0.1) is 0 Å². The summed E-state index contributed by atoms with van der Waals surface area (Å²) in [6.07, 6.45) is 8.13. The van der Waals surface area contributed by atoms with Crippen LogP contribution in [0.25, 0.3) is 0 Å². The Morgan fingerprint density at radius 3 is 2.30 bits per heavy atom. The molecule has 44 heavy (non-hydrogen) atoms. The maximum absolute atomic E-state index is 12.6. The molecule has 0 spiro atoms. The number of nitrogens with zero attached hydrogens (tertiary/aromatic N) is 4. The fourth-order valence-electron chi connectivity index (χ4n) is 5.14. The largest absolute Gasteiger partial charge is 0.489 e. The minimum absolute atomic E-state index is 0.0744. The van der Waals surface area contributed by atoms with E-state index in [4.69, 9.17) is 50.0 Å². The van der Waals surface area contributed by atoms with Crippen molar-refractivity contribution >= 4 is 46.8 Å². The van der Waals surface area contributed by atoms with Gasteiger partial charge in [0.1, 0.15) is 12.9 Å². The molecule has 0 saturated carbocycles. The highest BCUT2D eigenvalue weighted by Crippen LogP contribution is 2.37. The molecule has 2 N–H and O–H groups in total. The Morgan fingerprint density at radius 2 is 1.73 bits per heavy atom. The number of likely N-dealkylation sites (tertiary alicyclic amines) is 1. The van der Waals surface area contributed by atoms with Gasteiger partial charge < -0.3 is 25.0 Å². The molecule has 0 bridgehead atoms. The first-order valence-electron chi connectivity index (χ1n) is 15.0. The number of hydrogen-bond donors (Lipinski definition) is 1. The zero-order valence-electron chi connectivity index (χ0n) is 25.4. The summed E-state index contributed by atoms with van der Waals surface area (Å²) in [5, 5.41) is 1.12. The molecule has 4 rings (SSSR count). The third-order valence-corrected chi connectivity index (χ3v) is 8.22. The van der Waals surface area contributed by atoms with Crippen molar-refractivity contribution in [3.05, 3.63) is 81.8 Å². The Kier molecular flexibility index (Phi) is 14.8. The van der Waals surface area contributed by atoms with E-state index in [1.54, 1.807) is 29.4 Å². The van der Waals surface area contributed by atoms with E-state index in [9.17, 15) is 9.59 Å². The van der Waals surface area contributed by atoms with Crippen molar-refractivity contribution in [2.24, 2.45) is 5.73 Å².